The lowest BCUT2D eigenvalue weighted by molar-refractivity contribution is -0.138. The third-order valence-corrected chi connectivity index (χ3v) is 5.10. The molecule has 0 aliphatic carbocycles. The van der Waals surface area contributed by atoms with Crippen LogP contribution in [0.5, 0.6) is 5.75 Å². The van der Waals surface area contributed by atoms with Crippen molar-refractivity contribution in [2.75, 3.05) is 20.2 Å². The molecular weight excluding hydrogens is 366 g/mol. The highest BCUT2D eigenvalue weighted by atomic mass is 32.1. The van der Waals surface area contributed by atoms with E-state index < -0.39 is 5.25 Å². The zero-order chi connectivity index (χ0) is 19.4. The average Bonchev–Trinajstić information content (AvgIpc) is 3.16. The first kappa shape index (κ1) is 19.3. The lowest BCUT2D eigenvalue weighted by Crippen LogP contribution is -2.33. The van der Waals surface area contributed by atoms with Crippen molar-refractivity contribution in [3.8, 4) is 5.75 Å². The molecule has 3 amide bonds. The molecule has 0 spiro atoms. The number of fused-ring (bicyclic) bond motifs is 1. The number of amides is 3. The summed E-state index contributed by atoms with van der Waals surface area (Å²) in [4.78, 5) is 39.8. The number of carbonyl (C=O) groups excluding carboxylic acids is 3. The van der Waals surface area contributed by atoms with Gasteiger partial charge in [0.05, 0.1) is 12.4 Å². The standard InChI is InChI=1S/C19H23N3O4S/c1-26-13-4-5-15-14(9-13)12(11-21-15)6-7-20-17(23)3-2-8-22-18(24)10-16(27)19(22)25/h4-5,9,11,16,21,27H,2-3,6-8,10H2,1H3,(H,20,23). The molecule has 8 heteroatoms. The van der Waals surface area contributed by atoms with Gasteiger partial charge < -0.3 is 15.0 Å². The number of hydrogen-bond acceptors (Lipinski definition) is 5. The van der Waals surface area contributed by atoms with Gasteiger partial charge in [-0.15, -0.1) is 0 Å². The van der Waals surface area contributed by atoms with E-state index in [-0.39, 0.29) is 37.1 Å². The first-order valence-corrected chi connectivity index (χ1v) is 9.44. The van der Waals surface area contributed by atoms with E-state index in [1.54, 1.807) is 7.11 Å². The highest BCUT2D eigenvalue weighted by molar-refractivity contribution is 7.81. The molecule has 0 bridgehead atoms. The molecule has 2 heterocycles. The SMILES string of the molecule is COc1ccc2[nH]cc(CCNC(=O)CCCN3C(=O)CC(S)C3=O)c2c1. The Hall–Kier alpha value is -2.48. The summed E-state index contributed by atoms with van der Waals surface area (Å²) < 4.78 is 5.26. The number of likely N-dealkylation sites (tertiary alicyclic amines) is 1. The predicted molar refractivity (Wildman–Crippen MR) is 105 cm³/mol. The maximum absolute atomic E-state index is 12.0. The number of imide groups is 1. The molecular formula is C19H23N3O4S. The summed E-state index contributed by atoms with van der Waals surface area (Å²) >= 11 is 4.08. The Morgan fingerprint density at radius 2 is 2.22 bits per heavy atom. The highest BCUT2D eigenvalue weighted by Gasteiger charge is 2.35. The third-order valence-electron chi connectivity index (χ3n) is 4.70. The number of rotatable bonds is 8. The molecule has 1 unspecified atom stereocenters. The number of thiol groups is 1. The van der Waals surface area contributed by atoms with Crippen molar-refractivity contribution in [1.82, 2.24) is 15.2 Å². The van der Waals surface area contributed by atoms with Crippen LogP contribution in [-0.4, -0.2) is 53.1 Å². The molecule has 0 radical (unpaired) electrons. The monoisotopic (exact) mass is 389 g/mol. The molecule has 2 N–H and O–H groups in total. The van der Waals surface area contributed by atoms with Crippen molar-refractivity contribution < 1.29 is 19.1 Å². The third kappa shape index (κ3) is 4.44. The van der Waals surface area contributed by atoms with Crippen LogP contribution in [0.4, 0.5) is 0 Å². The summed E-state index contributed by atoms with van der Waals surface area (Å²) in [6.07, 6.45) is 3.51. The molecule has 1 atom stereocenters. The topological polar surface area (TPSA) is 91.5 Å². The number of H-pyrrole nitrogens is 1. The van der Waals surface area contributed by atoms with Gasteiger partial charge in [0.2, 0.25) is 17.7 Å². The van der Waals surface area contributed by atoms with E-state index in [0.717, 1.165) is 22.2 Å². The minimum Gasteiger partial charge on any atom is -0.497 e. The molecule has 3 rings (SSSR count). The number of aromatic amines is 1. The van der Waals surface area contributed by atoms with Crippen LogP contribution in [0.3, 0.4) is 0 Å². The van der Waals surface area contributed by atoms with Crippen LogP contribution < -0.4 is 10.1 Å². The van der Waals surface area contributed by atoms with E-state index in [1.165, 1.54) is 4.90 Å². The van der Waals surface area contributed by atoms with E-state index in [0.29, 0.717) is 19.4 Å². The van der Waals surface area contributed by atoms with Gasteiger partial charge in [0.15, 0.2) is 0 Å². The van der Waals surface area contributed by atoms with Crippen molar-refractivity contribution >= 4 is 41.3 Å². The zero-order valence-electron chi connectivity index (χ0n) is 15.2. The second-order valence-electron chi connectivity index (χ2n) is 6.53. The molecule has 1 aromatic heterocycles. The molecule has 27 heavy (non-hydrogen) atoms. The summed E-state index contributed by atoms with van der Waals surface area (Å²) in [5.74, 6) is 0.226. The summed E-state index contributed by atoms with van der Waals surface area (Å²) in [6.45, 7) is 0.785. The minimum absolute atomic E-state index is 0.0889. The average molecular weight is 389 g/mol. The molecule has 1 aromatic carbocycles. The largest absolute Gasteiger partial charge is 0.497 e. The van der Waals surface area contributed by atoms with E-state index in [4.69, 9.17) is 4.74 Å². The highest BCUT2D eigenvalue weighted by Crippen LogP contribution is 2.23. The van der Waals surface area contributed by atoms with Crippen molar-refractivity contribution in [2.24, 2.45) is 0 Å². The summed E-state index contributed by atoms with van der Waals surface area (Å²) in [6, 6.07) is 5.84. The van der Waals surface area contributed by atoms with Gasteiger partial charge >= 0.3 is 0 Å². The van der Waals surface area contributed by atoms with Crippen molar-refractivity contribution in [2.45, 2.75) is 30.9 Å². The van der Waals surface area contributed by atoms with E-state index in [9.17, 15) is 14.4 Å². The second kappa shape index (κ2) is 8.47. The number of methoxy groups -OCH3 is 1. The number of ether oxygens (including phenoxy) is 1. The van der Waals surface area contributed by atoms with Gasteiger partial charge in [0, 0.05) is 43.0 Å². The van der Waals surface area contributed by atoms with Gasteiger partial charge in [-0.1, -0.05) is 0 Å². The van der Waals surface area contributed by atoms with Gasteiger partial charge in [-0.25, -0.2) is 0 Å². The molecule has 1 aliphatic heterocycles. The minimum atomic E-state index is -0.541. The van der Waals surface area contributed by atoms with Crippen LogP contribution in [0.1, 0.15) is 24.8 Å². The normalized spacial score (nSPS) is 17.0. The molecule has 0 saturated carbocycles. The fourth-order valence-electron chi connectivity index (χ4n) is 3.21. The molecule has 144 valence electrons. The maximum Gasteiger partial charge on any atom is 0.242 e. The molecule has 1 aliphatic rings. The fraction of sp³-hybridized carbons (Fsp3) is 0.421. The molecule has 1 fully saturated rings. The zero-order valence-corrected chi connectivity index (χ0v) is 16.1. The molecule has 1 saturated heterocycles. The smallest absolute Gasteiger partial charge is 0.242 e. The number of carbonyl (C=O) groups is 3. The van der Waals surface area contributed by atoms with E-state index in [1.807, 2.05) is 24.4 Å². The van der Waals surface area contributed by atoms with E-state index >= 15 is 0 Å². The first-order chi connectivity index (χ1) is 13.0. The lowest BCUT2D eigenvalue weighted by Gasteiger charge is -2.13. The number of hydrogen-bond donors (Lipinski definition) is 3. The van der Waals surface area contributed by atoms with E-state index in [2.05, 4.69) is 22.9 Å². The van der Waals surface area contributed by atoms with Crippen LogP contribution in [0.15, 0.2) is 24.4 Å². The number of aromatic nitrogens is 1. The number of nitrogens with zero attached hydrogens (tertiary/aromatic N) is 1. The maximum atomic E-state index is 12.0. The first-order valence-electron chi connectivity index (χ1n) is 8.92. The van der Waals surface area contributed by atoms with Gasteiger partial charge in [-0.2, -0.15) is 12.6 Å². The summed E-state index contributed by atoms with van der Waals surface area (Å²) in [5.41, 5.74) is 2.14. The predicted octanol–water partition coefficient (Wildman–Crippen LogP) is 1.67. The van der Waals surface area contributed by atoms with Crippen LogP contribution in [0, 0.1) is 0 Å². The van der Waals surface area contributed by atoms with Gasteiger partial charge in [-0.05, 0) is 36.6 Å². The Morgan fingerprint density at radius 1 is 1.41 bits per heavy atom. The number of nitrogens with one attached hydrogen (secondary N) is 2. The van der Waals surface area contributed by atoms with Crippen molar-refractivity contribution in [3.05, 3.63) is 30.0 Å². The quantitative estimate of drug-likeness (QED) is 0.473. The van der Waals surface area contributed by atoms with Crippen LogP contribution in [0.25, 0.3) is 10.9 Å². The Labute approximate surface area is 162 Å². The fourth-order valence-corrected chi connectivity index (χ4v) is 3.51. The lowest BCUT2D eigenvalue weighted by atomic mass is 10.1. The van der Waals surface area contributed by atoms with Gasteiger partial charge in [0.25, 0.3) is 0 Å². The molecule has 7 nitrogen and oxygen atoms in total. The number of benzene rings is 1. The van der Waals surface area contributed by atoms with Crippen LogP contribution in [-0.2, 0) is 20.8 Å². The van der Waals surface area contributed by atoms with Gasteiger partial charge in [-0.3, -0.25) is 19.3 Å². The summed E-state index contributed by atoms with van der Waals surface area (Å²) in [7, 11) is 1.63. The Kier molecular flexibility index (Phi) is 6.05. The van der Waals surface area contributed by atoms with Crippen LogP contribution in [0.2, 0.25) is 0 Å². The molecule has 2 aromatic rings. The Balaban J connectivity index is 1.42. The Bertz CT molecular complexity index is 864. The summed E-state index contributed by atoms with van der Waals surface area (Å²) in [5, 5.41) is 3.42. The van der Waals surface area contributed by atoms with Crippen molar-refractivity contribution in [3.63, 3.8) is 0 Å². The van der Waals surface area contributed by atoms with Crippen LogP contribution >= 0.6 is 12.6 Å². The van der Waals surface area contributed by atoms with Gasteiger partial charge in [0.1, 0.15) is 5.75 Å². The second-order valence-corrected chi connectivity index (χ2v) is 7.16. The van der Waals surface area contributed by atoms with Crippen molar-refractivity contribution in [1.29, 1.82) is 0 Å². The Morgan fingerprint density at radius 3 is 2.93 bits per heavy atom.